The van der Waals surface area contributed by atoms with Crippen LogP contribution in [0.25, 0.3) is 0 Å². The molecule has 6 heteroatoms. The lowest BCUT2D eigenvalue weighted by atomic mass is 10.0. The van der Waals surface area contributed by atoms with Crippen LogP contribution in [0.5, 0.6) is 0 Å². The Morgan fingerprint density at radius 3 is 2.52 bits per heavy atom. The third-order valence-electron chi connectivity index (χ3n) is 3.04. The van der Waals surface area contributed by atoms with Gasteiger partial charge in [-0.15, -0.1) is 0 Å². The molecule has 21 heavy (non-hydrogen) atoms. The fourth-order valence-electron chi connectivity index (χ4n) is 2.03. The molecule has 0 bridgehead atoms. The van der Waals surface area contributed by atoms with E-state index in [-0.39, 0.29) is 11.9 Å². The summed E-state index contributed by atoms with van der Waals surface area (Å²) in [6, 6.07) is 4.38. The minimum Gasteiger partial charge on any atom is -0.467 e. The minimum atomic E-state index is -0.528. The second kappa shape index (κ2) is 7.52. The average Bonchev–Trinajstić information content (AvgIpc) is 2.44. The first-order valence-corrected chi connectivity index (χ1v) is 6.85. The number of ether oxygens (including phenoxy) is 1. The summed E-state index contributed by atoms with van der Waals surface area (Å²) in [5.41, 5.74) is 7.23. The summed E-state index contributed by atoms with van der Waals surface area (Å²) < 4.78 is 4.81. The van der Waals surface area contributed by atoms with Gasteiger partial charge in [-0.25, -0.2) is 4.79 Å². The fourth-order valence-corrected chi connectivity index (χ4v) is 2.03. The van der Waals surface area contributed by atoms with Crippen LogP contribution < -0.4 is 16.4 Å². The average molecular weight is 293 g/mol. The van der Waals surface area contributed by atoms with E-state index in [1.165, 1.54) is 7.11 Å². The van der Waals surface area contributed by atoms with E-state index >= 15 is 0 Å². The number of nitrogen functional groups attached to an aromatic ring is 1. The van der Waals surface area contributed by atoms with E-state index in [0.29, 0.717) is 29.3 Å². The van der Waals surface area contributed by atoms with Crippen molar-refractivity contribution in [2.75, 3.05) is 25.2 Å². The van der Waals surface area contributed by atoms with Gasteiger partial charge >= 0.3 is 5.97 Å². The number of anilines is 2. The highest BCUT2D eigenvalue weighted by atomic mass is 16.5. The van der Waals surface area contributed by atoms with Crippen molar-refractivity contribution in [1.29, 1.82) is 0 Å². The highest BCUT2D eigenvalue weighted by molar-refractivity contribution is 6.00. The Balaban J connectivity index is 3.09. The zero-order valence-corrected chi connectivity index (χ0v) is 12.9. The van der Waals surface area contributed by atoms with Crippen molar-refractivity contribution in [2.24, 2.45) is 5.92 Å². The molecule has 1 aromatic carbocycles. The van der Waals surface area contributed by atoms with Gasteiger partial charge in [0.25, 0.3) is 5.91 Å². The molecule has 1 amide bonds. The third-order valence-corrected chi connectivity index (χ3v) is 3.04. The van der Waals surface area contributed by atoms with Gasteiger partial charge in [0.15, 0.2) is 0 Å². The number of carbonyl (C=O) groups is 2. The van der Waals surface area contributed by atoms with Crippen LogP contribution in [0.1, 0.15) is 30.6 Å². The molecule has 1 atom stereocenters. The number of methoxy groups -OCH3 is 1. The van der Waals surface area contributed by atoms with Gasteiger partial charge in [0, 0.05) is 18.4 Å². The van der Waals surface area contributed by atoms with Crippen LogP contribution in [-0.4, -0.2) is 32.1 Å². The third kappa shape index (κ3) is 4.66. The number of hydrogen-bond acceptors (Lipinski definition) is 5. The summed E-state index contributed by atoms with van der Waals surface area (Å²) in [6.07, 6.45) is 0.592. The summed E-state index contributed by atoms with van der Waals surface area (Å²) in [7, 11) is 2.89. The van der Waals surface area contributed by atoms with Crippen molar-refractivity contribution in [3.05, 3.63) is 23.8 Å². The second-order valence-corrected chi connectivity index (χ2v) is 5.23. The molecule has 0 fully saturated rings. The van der Waals surface area contributed by atoms with Crippen LogP contribution >= 0.6 is 0 Å². The number of amides is 1. The van der Waals surface area contributed by atoms with Crippen LogP contribution in [0.2, 0.25) is 0 Å². The van der Waals surface area contributed by atoms with Crippen molar-refractivity contribution in [2.45, 2.75) is 26.3 Å². The molecule has 116 valence electrons. The summed E-state index contributed by atoms with van der Waals surface area (Å²) in [5.74, 6) is -0.314. The molecule has 1 unspecified atom stereocenters. The van der Waals surface area contributed by atoms with E-state index in [1.807, 2.05) is 13.8 Å². The molecule has 0 saturated carbocycles. The molecule has 4 N–H and O–H groups in total. The normalized spacial score (nSPS) is 11.9. The zero-order chi connectivity index (χ0) is 16.0. The standard InChI is InChI=1S/C15H23N3O3/c1-9(2)7-13(15(20)21-4)18-12-8-10(16)5-6-11(12)14(19)17-3/h5-6,8-9,13,18H,7,16H2,1-4H3,(H,17,19). The van der Waals surface area contributed by atoms with E-state index in [4.69, 9.17) is 10.5 Å². The second-order valence-electron chi connectivity index (χ2n) is 5.23. The molecule has 0 aliphatic carbocycles. The van der Waals surface area contributed by atoms with Gasteiger partial charge < -0.3 is 21.1 Å². The molecule has 0 aliphatic heterocycles. The van der Waals surface area contributed by atoms with Gasteiger partial charge in [0.2, 0.25) is 0 Å². The van der Waals surface area contributed by atoms with Crippen LogP contribution in [0.3, 0.4) is 0 Å². The predicted octanol–water partition coefficient (Wildman–Crippen LogP) is 1.63. The zero-order valence-electron chi connectivity index (χ0n) is 12.9. The Morgan fingerprint density at radius 1 is 1.33 bits per heavy atom. The molecule has 6 nitrogen and oxygen atoms in total. The van der Waals surface area contributed by atoms with Crippen molar-refractivity contribution in [3.63, 3.8) is 0 Å². The lowest BCUT2D eigenvalue weighted by molar-refractivity contribution is -0.141. The monoisotopic (exact) mass is 293 g/mol. The van der Waals surface area contributed by atoms with Gasteiger partial charge in [-0.2, -0.15) is 0 Å². The van der Waals surface area contributed by atoms with Crippen LogP contribution in [0, 0.1) is 5.92 Å². The van der Waals surface area contributed by atoms with E-state index in [2.05, 4.69) is 10.6 Å². The number of benzene rings is 1. The highest BCUT2D eigenvalue weighted by Crippen LogP contribution is 2.22. The molecule has 0 aliphatic rings. The highest BCUT2D eigenvalue weighted by Gasteiger charge is 2.22. The predicted molar refractivity (Wildman–Crippen MR) is 83.1 cm³/mol. The van der Waals surface area contributed by atoms with Crippen molar-refractivity contribution in [3.8, 4) is 0 Å². The first kappa shape index (κ1) is 16.8. The van der Waals surface area contributed by atoms with Crippen LogP contribution in [0.15, 0.2) is 18.2 Å². The maximum Gasteiger partial charge on any atom is 0.328 e. The molecule has 0 heterocycles. The Bertz CT molecular complexity index is 515. The van der Waals surface area contributed by atoms with Crippen molar-refractivity contribution in [1.82, 2.24) is 5.32 Å². The Kier molecular flexibility index (Phi) is 6.02. The van der Waals surface area contributed by atoms with E-state index in [9.17, 15) is 9.59 Å². The molecule has 0 radical (unpaired) electrons. The Labute approximate surface area is 125 Å². The maximum atomic E-state index is 11.9. The molecule has 1 rings (SSSR count). The topological polar surface area (TPSA) is 93.5 Å². The lowest BCUT2D eigenvalue weighted by Crippen LogP contribution is -2.33. The van der Waals surface area contributed by atoms with Crippen molar-refractivity contribution >= 4 is 23.3 Å². The number of nitrogens with two attached hydrogens (primary N) is 1. The van der Waals surface area contributed by atoms with E-state index in [1.54, 1.807) is 25.2 Å². The molecule has 0 saturated heterocycles. The minimum absolute atomic E-state index is 0.245. The SMILES string of the molecule is CNC(=O)c1ccc(N)cc1NC(CC(C)C)C(=O)OC. The molecular weight excluding hydrogens is 270 g/mol. The van der Waals surface area contributed by atoms with E-state index < -0.39 is 6.04 Å². The first-order valence-electron chi connectivity index (χ1n) is 6.85. The van der Waals surface area contributed by atoms with Gasteiger partial charge in [-0.3, -0.25) is 4.79 Å². The number of esters is 1. The Hall–Kier alpha value is -2.24. The fraction of sp³-hybridized carbons (Fsp3) is 0.467. The first-order chi connectivity index (χ1) is 9.88. The number of carbonyl (C=O) groups excluding carboxylic acids is 2. The number of rotatable bonds is 6. The molecular formula is C15H23N3O3. The number of hydrogen-bond donors (Lipinski definition) is 3. The molecule has 1 aromatic rings. The Morgan fingerprint density at radius 2 is 2.00 bits per heavy atom. The lowest BCUT2D eigenvalue weighted by Gasteiger charge is -2.21. The number of nitrogens with one attached hydrogen (secondary N) is 2. The summed E-state index contributed by atoms with van der Waals surface area (Å²) >= 11 is 0. The quantitative estimate of drug-likeness (QED) is 0.547. The molecule has 0 spiro atoms. The van der Waals surface area contributed by atoms with Crippen molar-refractivity contribution < 1.29 is 14.3 Å². The smallest absolute Gasteiger partial charge is 0.328 e. The summed E-state index contributed by atoms with van der Waals surface area (Å²) in [6.45, 7) is 4.02. The van der Waals surface area contributed by atoms with Gasteiger partial charge in [-0.05, 0) is 30.5 Å². The van der Waals surface area contributed by atoms with Gasteiger partial charge in [0.1, 0.15) is 6.04 Å². The summed E-state index contributed by atoms with van der Waals surface area (Å²) in [5, 5.41) is 5.63. The van der Waals surface area contributed by atoms with Crippen LogP contribution in [0.4, 0.5) is 11.4 Å². The van der Waals surface area contributed by atoms with E-state index in [0.717, 1.165) is 0 Å². The van der Waals surface area contributed by atoms with Crippen LogP contribution in [-0.2, 0) is 9.53 Å². The largest absolute Gasteiger partial charge is 0.467 e. The van der Waals surface area contributed by atoms with Gasteiger partial charge in [-0.1, -0.05) is 13.8 Å². The summed E-state index contributed by atoms with van der Waals surface area (Å²) in [4.78, 5) is 23.8. The van der Waals surface area contributed by atoms with Gasteiger partial charge in [0.05, 0.1) is 12.7 Å². The maximum absolute atomic E-state index is 11.9. The molecule has 0 aromatic heterocycles.